The van der Waals surface area contributed by atoms with Gasteiger partial charge in [0, 0.05) is 24.2 Å². The van der Waals surface area contributed by atoms with Crippen molar-refractivity contribution in [2.75, 3.05) is 13.7 Å². The second-order valence-corrected chi connectivity index (χ2v) is 7.91. The zero-order valence-corrected chi connectivity index (χ0v) is 18.6. The molecule has 1 unspecified atom stereocenters. The number of halogens is 3. The van der Waals surface area contributed by atoms with Gasteiger partial charge in [-0.05, 0) is 34.9 Å². The fraction of sp³-hybridized carbons (Fsp3) is 0.217. The highest BCUT2D eigenvalue weighted by atomic mass is 35.5. The summed E-state index contributed by atoms with van der Waals surface area (Å²) in [7, 11) is 1.58. The minimum absolute atomic E-state index is 0.296. The van der Waals surface area contributed by atoms with Crippen LogP contribution >= 0.6 is 34.8 Å². The van der Waals surface area contributed by atoms with Gasteiger partial charge in [-0.1, -0.05) is 71.2 Å². The van der Waals surface area contributed by atoms with Crippen LogP contribution in [0.2, 0.25) is 15.1 Å². The van der Waals surface area contributed by atoms with Crippen LogP contribution in [0.4, 0.5) is 0 Å². The molecule has 30 heavy (non-hydrogen) atoms. The number of hydrogen-bond acceptors (Lipinski definition) is 4. The Morgan fingerprint density at radius 2 is 1.67 bits per heavy atom. The number of benzene rings is 3. The monoisotopic (exact) mass is 465 g/mol. The van der Waals surface area contributed by atoms with Gasteiger partial charge < -0.3 is 19.9 Å². The number of methoxy groups -OCH3 is 1. The Balaban J connectivity index is 1.62. The topological polar surface area (TPSA) is 50.7 Å². The highest BCUT2D eigenvalue weighted by molar-refractivity contribution is 6.42. The van der Waals surface area contributed by atoms with Gasteiger partial charge in [-0.2, -0.15) is 0 Å². The van der Waals surface area contributed by atoms with E-state index in [1.807, 2.05) is 42.5 Å². The van der Waals surface area contributed by atoms with Crippen LogP contribution in [0.25, 0.3) is 0 Å². The molecular formula is C23H22Cl3NO3. The highest BCUT2D eigenvalue weighted by Gasteiger charge is 2.12. The molecule has 0 amide bonds. The predicted molar refractivity (Wildman–Crippen MR) is 122 cm³/mol. The minimum Gasteiger partial charge on any atom is -0.493 e. The Labute approximate surface area is 191 Å². The van der Waals surface area contributed by atoms with Gasteiger partial charge in [-0.15, -0.1) is 0 Å². The van der Waals surface area contributed by atoms with Gasteiger partial charge in [0.1, 0.15) is 6.61 Å². The first kappa shape index (κ1) is 22.7. The minimum atomic E-state index is -0.597. The lowest BCUT2D eigenvalue weighted by Gasteiger charge is -2.16. The average Bonchev–Trinajstić information content (AvgIpc) is 2.76. The molecule has 2 N–H and O–H groups in total. The predicted octanol–water partition coefficient (Wildman–Crippen LogP) is 6.06. The second-order valence-electron chi connectivity index (χ2n) is 6.69. The molecule has 0 bridgehead atoms. The van der Waals surface area contributed by atoms with Gasteiger partial charge in [0.05, 0.1) is 23.3 Å². The Hall–Kier alpha value is -1.95. The molecule has 0 fully saturated rings. The SMILES string of the molecule is COc1cc(CNCC(O)c2ccccc2)c(Cl)cc1OCc1ccc(Cl)c(Cl)c1. The summed E-state index contributed by atoms with van der Waals surface area (Å²) in [6, 6.07) is 18.4. The molecule has 3 aromatic carbocycles. The number of aliphatic hydroxyl groups is 1. The number of aliphatic hydroxyl groups excluding tert-OH is 1. The summed E-state index contributed by atoms with van der Waals surface area (Å²) in [6.45, 7) is 1.18. The van der Waals surface area contributed by atoms with Crippen LogP contribution in [0.15, 0.2) is 60.7 Å². The number of ether oxygens (including phenoxy) is 2. The van der Waals surface area contributed by atoms with Crippen LogP contribution in [0, 0.1) is 0 Å². The smallest absolute Gasteiger partial charge is 0.163 e. The van der Waals surface area contributed by atoms with Crippen LogP contribution in [0.5, 0.6) is 11.5 Å². The molecule has 0 radical (unpaired) electrons. The van der Waals surface area contributed by atoms with Gasteiger partial charge >= 0.3 is 0 Å². The molecule has 0 heterocycles. The summed E-state index contributed by atoms with van der Waals surface area (Å²) in [5.41, 5.74) is 2.58. The van der Waals surface area contributed by atoms with Crippen molar-refractivity contribution in [1.29, 1.82) is 0 Å². The van der Waals surface area contributed by atoms with E-state index in [2.05, 4.69) is 5.32 Å². The summed E-state index contributed by atoms with van der Waals surface area (Å²) >= 11 is 18.4. The maximum atomic E-state index is 10.3. The first-order valence-electron chi connectivity index (χ1n) is 9.34. The van der Waals surface area contributed by atoms with Crippen molar-refractivity contribution in [1.82, 2.24) is 5.32 Å². The number of hydrogen-bond donors (Lipinski definition) is 2. The molecule has 0 aliphatic heterocycles. The van der Waals surface area contributed by atoms with Crippen LogP contribution < -0.4 is 14.8 Å². The van der Waals surface area contributed by atoms with E-state index in [1.54, 1.807) is 25.3 Å². The lowest BCUT2D eigenvalue weighted by Crippen LogP contribution is -2.21. The van der Waals surface area contributed by atoms with Crippen LogP contribution in [0.1, 0.15) is 22.8 Å². The maximum Gasteiger partial charge on any atom is 0.163 e. The van der Waals surface area contributed by atoms with E-state index in [9.17, 15) is 5.11 Å². The van der Waals surface area contributed by atoms with Gasteiger partial charge in [-0.25, -0.2) is 0 Å². The molecule has 0 saturated carbocycles. The summed E-state index contributed by atoms with van der Waals surface area (Å²) < 4.78 is 11.3. The Kier molecular flexibility index (Phi) is 8.25. The zero-order chi connectivity index (χ0) is 21.5. The van der Waals surface area contributed by atoms with Gasteiger partial charge in [0.25, 0.3) is 0 Å². The second kappa shape index (κ2) is 10.9. The summed E-state index contributed by atoms with van der Waals surface area (Å²) in [4.78, 5) is 0. The quantitative estimate of drug-likeness (QED) is 0.402. The Morgan fingerprint density at radius 1 is 0.900 bits per heavy atom. The summed E-state index contributed by atoms with van der Waals surface area (Å²) in [5.74, 6) is 1.10. The van der Waals surface area contributed by atoms with Crippen molar-refractivity contribution in [3.05, 3.63) is 92.4 Å². The van der Waals surface area contributed by atoms with Crippen LogP contribution in [0.3, 0.4) is 0 Å². The third-order valence-electron chi connectivity index (χ3n) is 4.55. The molecule has 0 spiro atoms. The van der Waals surface area contributed by atoms with E-state index in [0.29, 0.717) is 46.3 Å². The average molecular weight is 467 g/mol. The summed E-state index contributed by atoms with van der Waals surface area (Å²) in [5, 5.41) is 15.0. The molecule has 0 aliphatic carbocycles. The van der Waals surface area contributed by atoms with Crippen molar-refractivity contribution in [3.8, 4) is 11.5 Å². The normalized spacial score (nSPS) is 11.9. The van der Waals surface area contributed by atoms with Gasteiger partial charge in [0.15, 0.2) is 11.5 Å². The fourth-order valence-electron chi connectivity index (χ4n) is 2.91. The van der Waals surface area contributed by atoms with Crippen LogP contribution in [-0.4, -0.2) is 18.8 Å². The molecule has 1 atom stereocenters. The van der Waals surface area contributed by atoms with Crippen LogP contribution in [-0.2, 0) is 13.2 Å². The van der Waals surface area contributed by atoms with Gasteiger partial charge in [-0.3, -0.25) is 0 Å². The van der Waals surface area contributed by atoms with Crippen molar-refractivity contribution in [2.24, 2.45) is 0 Å². The molecular weight excluding hydrogens is 445 g/mol. The lowest BCUT2D eigenvalue weighted by molar-refractivity contribution is 0.174. The standard InChI is InChI=1S/C23H22Cl3NO3/c1-29-22-10-17(12-27-13-21(28)16-5-3-2-4-6-16)19(25)11-23(22)30-14-15-7-8-18(24)20(26)9-15/h2-11,21,27-28H,12-14H2,1H3. The third-order valence-corrected chi connectivity index (χ3v) is 5.64. The third kappa shape index (κ3) is 6.03. The van der Waals surface area contributed by atoms with E-state index in [0.717, 1.165) is 16.7 Å². The first-order chi connectivity index (χ1) is 14.5. The molecule has 0 aliphatic rings. The molecule has 7 heteroatoms. The number of nitrogens with one attached hydrogen (secondary N) is 1. The molecule has 158 valence electrons. The largest absolute Gasteiger partial charge is 0.493 e. The van der Waals surface area contributed by atoms with E-state index in [4.69, 9.17) is 44.3 Å². The van der Waals surface area contributed by atoms with Gasteiger partial charge in [0.2, 0.25) is 0 Å². The van der Waals surface area contributed by atoms with Crippen molar-refractivity contribution < 1.29 is 14.6 Å². The fourth-order valence-corrected chi connectivity index (χ4v) is 3.45. The Bertz CT molecular complexity index is 983. The van der Waals surface area contributed by atoms with E-state index in [1.165, 1.54) is 0 Å². The molecule has 4 nitrogen and oxygen atoms in total. The first-order valence-corrected chi connectivity index (χ1v) is 10.5. The molecule has 0 saturated heterocycles. The highest BCUT2D eigenvalue weighted by Crippen LogP contribution is 2.34. The van der Waals surface area contributed by atoms with Crippen molar-refractivity contribution in [2.45, 2.75) is 19.3 Å². The maximum absolute atomic E-state index is 10.3. The molecule has 3 aromatic rings. The van der Waals surface area contributed by atoms with Crippen molar-refractivity contribution >= 4 is 34.8 Å². The van der Waals surface area contributed by atoms with E-state index >= 15 is 0 Å². The molecule has 3 rings (SSSR count). The summed E-state index contributed by atoms with van der Waals surface area (Å²) in [6.07, 6.45) is -0.597. The van der Waals surface area contributed by atoms with E-state index in [-0.39, 0.29) is 0 Å². The van der Waals surface area contributed by atoms with E-state index < -0.39 is 6.10 Å². The number of rotatable bonds is 9. The molecule has 0 aromatic heterocycles. The Morgan fingerprint density at radius 3 is 2.37 bits per heavy atom. The van der Waals surface area contributed by atoms with Crippen molar-refractivity contribution in [3.63, 3.8) is 0 Å². The lowest BCUT2D eigenvalue weighted by atomic mass is 10.1. The zero-order valence-electron chi connectivity index (χ0n) is 16.4.